The molecule has 0 saturated carbocycles. The number of fused-ring (bicyclic) bond motifs is 1. The first-order chi connectivity index (χ1) is 13.0. The summed E-state index contributed by atoms with van der Waals surface area (Å²) in [6.07, 6.45) is 0.704. The molecule has 0 aliphatic rings. The molecule has 3 rings (SSSR count). The molecular formula is C21H21N3O3. The number of amides is 1. The van der Waals surface area contributed by atoms with Crippen LogP contribution in [0.5, 0.6) is 5.75 Å². The van der Waals surface area contributed by atoms with Crippen LogP contribution in [0, 0.1) is 17.2 Å². The largest absolute Gasteiger partial charge is 0.484 e. The third kappa shape index (κ3) is 4.85. The van der Waals surface area contributed by atoms with Gasteiger partial charge in [0.25, 0.3) is 5.91 Å². The van der Waals surface area contributed by atoms with Gasteiger partial charge in [-0.3, -0.25) is 4.79 Å². The number of carbonyl (C=O) groups excluding carboxylic acids is 1. The Morgan fingerprint density at radius 3 is 2.63 bits per heavy atom. The molecule has 1 N–H and O–H groups in total. The summed E-state index contributed by atoms with van der Waals surface area (Å²) in [4.78, 5) is 16.9. The molecule has 0 aliphatic carbocycles. The summed E-state index contributed by atoms with van der Waals surface area (Å²) in [5.41, 5.74) is 2.01. The van der Waals surface area contributed by atoms with Crippen molar-refractivity contribution in [3.05, 3.63) is 60.0 Å². The van der Waals surface area contributed by atoms with Gasteiger partial charge in [0.2, 0.25) is 5.89 Å². The summed E-state index contributed by atoms with van der Waals surface area (Å²) in [6.45, 7) is 4.03. The van der Waals surface area contributed by atoms with Crippen molar-refractivity contribution in [2.45, 2.75) is 26.3 Å². The molecule has 0 aliphatic heterocycles. The van der Waals surface area contributed by atoms with Gasteiger partial charge in [-0.1, -0.05) is 26.0 Å². The van der Waals surface area contributed by atoms with Crippen molar-refractivity contribution in [3.63, 3.8) is 0 Å². The first kappa shape index (κ1) is 18.5. The third-order valence-corrected chi connectivity index (χ3v) is 4.00. The number of nitriles is 1. The molecule has 0 unspecified atom stereocenters. The van der Waals surface area contributed by atoms with E-state index in [-0.39, 0.29) is 18.6 Å². The predicted octanol–water partition coefficient (Wildman–Crippen LogP) is 3.98. The van der Waals surface area contributed by atoms with Gasteiger partial charge >= 0.3 is 0 Å². The molecule has 2 aromatic carbocycles. The number of carbonyl (C=O) groups is 1. The van der Waals surface area contributed by atoms with E-state index < -0.39 is 0 Å². The Labute approximate surface area is 157 Å². The van der Waals surface area contributed by atoms with E-state index in [0.29, 0.717) is 35.1 Å². The van der Waals surface area contributed by atoms with E-state index in [9.17, 15) is 4.79 Å². The molecule has 6 heteroatoms. The van der Waals surface area contributed by atoms with E-state index in [1.165, 1.54) is 0 Å². The van der Waals surface area contributed by atoms with Gasteiger partial charge < -0.3 is 14.5 Å². The first-order valence-corrected chi connectivity index (χ1v) is 8.83. The Morgan fingerprint density at radius 2 is 1.96 bits per heavy atom. The Morgan fingerprint density at radius 1 is 1.22 bits per heavy atom. The first-order valence-electron chi connectivity index (χ1n) is 8.83. The summed E-state index contributed by atoms with van der Waals surface area (Å²) in [6, 6.07) is 15.9. The minimum Gasteiger partial charge on any atom is -0.484 e. The van der Waals surface area contributed by atoms with E-state index in [1.54, 1.807) is 24.3 Å². The number of hydrogen-bond donors (Lipinski definition) is 1. The van der Waals surface area contributed by atoms with Gasteiger partial charge in [0.15, 0.2) is 12.2 Å². The van der Waals surface area contributed by atoms with Crippen LogP contribution in [0.15, 0.2) is 52.9 Å². The van der Waals surface area contributed by atoms with Gasteiger partial charge in [-0.2, -0.15) is 5.26 Å². The van der Waals surface area contributed by atoms with E-state index in [1.807, 2.05) is 30.3 Å². The number of oxazole rings is 1. The number of aromatic nitrogens is 1. The van der Waals surface area contributed by atoms with Crippen molar-refractivity contribution >= 4 is 17.0 Å². The molecule has 0 spiro atoms. The highest BCUT2D eigenvalue weighted by Crippen LogP contribution is 2.24. The van der Waals surface area contributed by atoms with Crippen LogP contribution in [0.4, 0.5) is 0 Å². The Balaban J connectivity index is 1.66. The van der Waals surface area contributed by atoms with Crippen LogP contribution in [0.2, 0.25) is 0 Å². The summed E-state index contributed by atoms with van der Waals surface area (Å²) in [7, 11) is 0. The summed E-state index contributed by atoms with van der Waals surface area (Å²) in [5, 5.41) is 11.8. The van der Waals surface area contributed by atoms with Gasteiger partial charge in [-0.25, -0.2) is 4.98 Å². The second-order valence-electron chi connectivity index (χ2n) is 6.69. The van der Waals surface area contributed by atoms with Crippen LogP contribution in [0.3, 0.4) is 0 Å². The predicted molar refractivity (Wildman–Crippen MR) is 101 cm³/mol. The van der Waals surface area contributed by atoms with Crippen LogP contribution in [0.1, 0.15) is 37.8 Å². The van der Waals surface area contributed by atoms with Crippen LogP contribution in [-0.2, 0) is 4.79 Å². The van der Waals surface area contributed by atoms with Crippen molar-refractivity contribution < 1.29 is 13.9 Å². The second kappa shape index (κ2) is 8.37. The number of para-hydroxylation sites is 2. The molecule has 138 valence electrons. The molecule has 0 radical (unpaired) electrons. The van der Waals surface area contributed by atoms with Gasteiger partial charge in [0.1, 0.15) is 17.3 Å². The Bertz CT molecular complexity index is 922. The molecular weight excluding hydrogens is 342 g/mol. The normalized spacial score (nSPS) is 11.9. The molecule has 3 aromatic rings. The van der Waals surface area contributed by atoms with Crippen molar-refractivity contribution in [1.82, 2.24) is 10.3 Å². The summed E-state index contributed by atoms with van der Waals surface area (Å²) < 4.78 is 11.3. The maximum absolute atomic E-state index is 12.4. The Kier molecular flexibility index (Phi) is 5.72. The number of rotatable bonds is 7. The van der Waals surface area contributed by atoms with E-state index >= 15 is 0 Å². The smallest absolute Gasteiger partial charge is 0.258 e. The number of ether oxygens (including phenoxy) is 1. The molecule has 27 heavy (non-hydrogen) atoms. The zero-order valence-corrected chi connectivity index (χ0v) is 15.3. The molecule has 0 bridgehead atoms. The van der Waals surface area contributed by atoms with E-state index in [4.69, 9.17) is 14.4 Å². The van der Waals surface area contributed by atoms with Gasteiger partial charge in [-0.15, -0.1) is 0 Å². The van der Waals surface area contributed by atoms with Crippen molar-refractivity contribution in [2.24, 2.45) is 5.92 Å². The van der Waals surface area contributed by atoms with Gasteiger partial charge in [0.05, 0.1) is 11.6 Å². The minimum absolute atomic E-state index is 0.124. The van der Waals surface area contributed by atoms with Crippen molar-refractivity contribution in [3.8, 4) is 11.8 Å². The minimum atomic E-state index is -0.325. The zero-order chi connectivity index (χ0) is 19.2. The van der Waals surface area contributed by atoms with Crippen molar-refractivity contribution in [2.75, 3.05) is 6.61 Å². The summed E-state index contributed by atoms with van der Waals surface area (Å²) in [5.74, 6) is 1.13. The fourth-order valence-electron chi connectivity index (χ4n) is 2.74. The zero-order valence-electron chi connectivity index (χ0n) is 15.3. The quantitative estimate of drug-likeness (QED) is 0.686. The average molecular weight is 363 g/mol. The highest BCUT2D eigenvalue weighted by molar-refractivity contribution is 5.78. The van der Waals surface area contributed by atoms with Gasteiger partial charge in [-0.05, 0) is 48.7 Å². The van der Waals surface area contributed by atoms with Crippen LogP contribution >= 0.6 is 0 Å². The molecule has 1 amide bonds. The lowest BCUT2D eigenvalue weighted by molar-refractivity contribution is -0.124. The lowest BCUT2D eigenvalue weighted by Crippen LogP contribution is -2.33. The second-order valence-corrected chi connectivity index (χ2v) is 6.69. The SMILES string of the molecule is CC(C)C[C@H](NC(=O)COc1ccc(C#N)cc1)c1nc2ccccc2o1. The molecule has 0 saturated heterocycles. The fraction of sp³-hybridized carbons (Fsp3) is 0.286. The topological polar surface area (TPSA) is 88.1 Å². The molecule has 0 fully saturated rings. The highest BCUT2D eigenvalue weighted by Gasteiger charge is 2.22. The molecule has 1 atom stereocenters. The number of benzene rings is 2. The van der Waals surface area contributed by atoms with E-state index in [0.717, 1.165) is 5.52 Å². The van der Waals surface area contributed by atoms with Crippen LogP contribution in [-0.4, -0.2) is 17.5 Å². The average Bonchev–Trinajstić information content (AvgIpc) is 3.10. The number of hydrogen-bond acceptors (Lipinski definition) is 5. The highest BCUT2D eigenvalue weighted by atomic mass is 16.5. The van der Waals surface area contributed by atoms with E-state index in [2.05, 4.69) is 24.1 Å². The number of nitrogens with one attached hydrogen (secondary N) is 1. The lowest BCUT2D eigenvalue weighted by Gasteiger charge is -2.17. The Hall–Kier alpha value is -3.33. The summed E-state index contributed by atoms with van der Waals surface area (Å²) >= 11 is 0. The molecule has 6 nitrogen and oxygen atoms in total. The lowest BCUT2D eigenvalue weighted by atomic mass is 10.0. The maximum Gasteiger partial charge on any atom is 0.258 e. The molecule has 1 heterocycles. The fourth-order valence-corrected chi connectivity index (χ4v) is 2.74. The number of nitrogens with zero attached hydrogens (tertiary/aromatic N) is 2. The monoisotopic (exact) mass is 363 g/mol. The van der Waals surface area contributed by atoms with Crippen molar-refractivity contribution in [1.29, 1.82) is 5.26 Å². The van der Waals surface area contributed by atoms with Gasteiger partial charge in [0, 0.05) is 0 Å². The third-order valence-electron chi connectivity index (χ3n) is 4.00. The molecule has 1 aromatic heterocycles. The standard InChI is InChI=1S/C21H21N3O3/c1-14(2)11-18(21-24-17-5-3-4-6-19(17)27-21)23-20(25)13-26-16-9-7-15(12-22)8-10-16/h3-10,14,18H,11,13H2,1-2H3,(H,23,25)/t18-/m0/s1. The maximum atomic E-state index is 12.4. The van der Waals surface area contributed by atoms with Crippen LogP contribution in [0.25, 0.3) is 11.1 Å². The van der Waals surface area contributed by atoms with Crippen LogP contribution < -0.4 is 10.1 Å².